The molecule has 0 bridgehead atoms. The second kappa shape index (κ2) is 11.1. The molecule has 0 fully saturated rings. The molecule has 6 heteroatoms. The number of fused-ring (bicyclic) bond motifs is 4. The lowest BCUT2D eigenvalue weighted by Gasteiger charge is -2.11. The van der Waals surface area contributed by atoms with Gasteiger partial charge in [-0.15, -0.1) is 0 Å². The Morgan fingerprint density at radius 3 is 2.02 bits per heavy atom. The average molecular weight is 606 g/mol. The summed E-state index contributed by atoms with van der Waals surface area (Å²) in [4.78, 5) is 14.7. The van der Waals surface area contributed by atoms with Crippen LogP contribution in [0.15, 0.2) is 164 Å². The Morgan fingerprint density at radius 2 is 1.21 bits per heavy atom. The Hall–Kier alpha value is -6.53. The summed E-state index contributed by atoms with van der Waals surface area (Å²) in [7, 11) is 0. The van der Waals surface area contributed by atoms with E-state index in [2.05, 4.69) is 93.0 Å². The number of para-hydroxylation sites is 2. The lowest BCUT2D eigenvalue weighted by molar-refractivity contribution is 0.465. The third-order valence-electron chi connectivity index (χ3n) is 8.49. The van der Waals surface area contributed by atoms with E-state index in [0.29, 0.717) is 11.6 Å². The van der Waals surface area contributed by atoms with Crippen LogP contribution in [-0.4, -0.2) is 24.1 Å². The van der Waals surface area contributed by atoms with Gasteiger partial charge in [0.1, 0.15) is 17.4 Å². The molecule has 5 aromatic carbocycles. The monoisotopic (exact) mass is 605 g/mol. The molecule has 0 atom stereocenters. The predicted octanol–water partition coefficient (Wildman–Crippen LogP) is 10.0. The molecule has 6 nitrogen and oxygen atoms in total. The molecule has 0 spiro atoms. The summed E-state index contributed by atoms with van der Waals surface area (Å²) in [6.07, 6.45) is 1.80. The lowest BCUT2D eigenvalue weighted by Crippen LogP contribution is -1.99. The summed E-state index contributed by atoms with van der Waals surface area (Å²) in [5, 5.41) is 2.16. The highest BCUT2D eigenvalue weighted by Crippen LogP contribution is 2.35. The van der Waals surface area contributed by atoms with Crippen LogP contribution < -0.4 is 4.74 Å². The SMILES string of the molecule is c1ccc(-c2ccc(-c3nc4ccc(Oc5ccc6c7ccccc7n(-c7ccccn7)c6n5)cc4n3-c3ccccc3)cc2)cc1. The van der Waals surface area contributed by atoms with Crippen LogP contribution in [0.25, 0.3) is 67.0 Å². The predicted molar refractivity (Wildman–Crippen MR) is 188 cm³/mol. The fraction of sp³-hybridized carbons (Fsp3) is 0. The van der Waals surface area contributed by atoms with Gasteiger partial charge in [0.15, 0.2) is 5.65 Å². The lowest BCUT2D eigenvalue weighted by atomic mass is 10.0. The Labute approximate surface area is 270 Å². The highest BCUT2D eigenvalue weighted by Gasteiger charge is 2.18. The van der Waals surface area contributed by atoms with Gasteiger partial charge in [-0.05, 0) is 59.7 Å². The Morgan fingerprint density at radius 1 is 0.489 bits per heavy atom. The van der Waals surface area contributed by atoms with E-state index in [0.717, 1.165) is 55.9 Å². The van der Waals surface area contributed by atoms with Crippen molar-refractivity contribution < 1.29 is 4.74 Å². The normalized spacial score (nSPS) is 11.4. The topological polar surface area (TPSA) is 57.8 Å². The number of hydrogen-bond acceptors (Lipinski definition) is 4. The van der Waals surface area contributed by atoms with E-state index in [1.165, 1.54) is 11.1 Å². The molecule has 4 aromatic heterocycles. The minimum absolute atomic E-state index is 0.499. The van der Waals surface area contributed by atoms with Crippen molar-refractivity contribution in [3.63, 3.8) is 0 Å². The van der Waals surface area contributed by atoms with Crippen molar-refractivity contribution in [2.24, 2.45) is 0 Å². The average Bonchev–Trinajstić information content (AvgIpc) is 3.68. The number of imidazole rings is 1. The first-order valence-corrected chi connectivity index (χ1v) is 15.5. The molecule has 9 aromatic rings. The van der Waals surface area contributed by atoms with Crippen molar-refractivity contribution in [3.8, 4) is 45.6 Å². The number of rotatable bonds is 6. The van der Waals surface area contributed by atoms with Crippen LogP contribution in [0.1, 0.15) is 0 Å². The molecule has 0 aliphatic heterocycles. The second-order valence-corrected chi connectivity index (χ2v) is 11.4. The van der Waals surface area contributed by atoms with E-state index in [1.54, 1.807) is 6.20 Å². The minimum Gasteiger partial charge on any atom is -0.439 e. The number of ether oxygens (including phenoxy) is 1. The van der Waals surface area contributed by atoms with Gasteiger partial charge < -0.3 is 4.74 Å². The number of pyridine rings is 2. The smallest absolute Gasteiger partial charge is 0.221 e. The molecule has 0 aliphatic carbocycles. The molecule has 222 valence electrons. The van der Waals surface area contributed by atoms with E-state index < -0.39 is 0 Å². The fourth-order valence-corrected chi connectivity index (χ4v) is 6.31. The maximum Gasteiger partial charge on any atom is 0.221 e. The fourth-order valence-electron chi connectivity index (χ4n) is 6.31. The van der Waals surface area contributed by atoms with Gasteiger partial charge in [-0.2, -0.15) is 4.98 Å². The molecule has 9 rings (SSSR count). The number of nitrogens with zero attached hydrogens (tertiary/aromatic N) is 5. The van der Waals surface area contributed by atoms with E-state index >= 15 is 0 Å². The summed E-state index contributed by atoms with van der Waals surface area (Å²) < 4.78 is 10.7. The maximum absolute atomic E-state index is 6.47. The first-order valence-electron chi connectivity index (χ1n) is 15.5. The van der Waals surface area contributed by atoms with Crippen molar-refractivity contribution in [2.75, 3.05) is 0 Å². The standard InChI is InChI=1S/C41H27N5O/c1-3-11-28(12-4-1)29-18-20-30(21-19-29)40-43-35-24-22-32(27-37(35)45(40)31-13-5-2-6-14-31)47-39-25-23-34-33-15-7-8-16-36(33)46(41(34)44-39)38-17-9-10-26-42-38/h1-27H. The highest BCUT2D eigenvalue weighted by atomic mass is 16.5. The van der Waals surface area contributed by atoms with Crippen molar-refractivity contribution in [3.05, 3.63) is 164 Å². The number of benzene rings is 5. The largest absolute Gasteiger partial charge is 0.439 e. The first kappa shape index (κ1) is 26.8. The van der Waals surface area contributed by atoms with Gasteiger partial charge in [0.25, 0.3) is 0 Å². The van der Waals surface area contributed by atoms with E-state index in [-0.39, 0.29) is 0 Å². The van der Waals surface area contributed by atoms with Crippen molar-refractivity contribution in [1.82, 2.24) is 24.1 Å². The molecule has 0 aliphatic rings. The van der Waals surface area contributed by atoms with Crippen LogP contribution in [0.2, 0.25) is 0 Å². The zero-order valence-electron chi connectivity index (χ0n) is 25.2. The van der Waals surface area contributed by atoms with Gasteiger partial charge in [0.2, 0.25) is 5.88 Å². The summed E-state index contributed by atoms with van der Waals surface area (Å²) >= 11 is 0. The Bertz CT molecular complexity index is 2520. The van der Waals surface area contributed by atoms with E-state index in [9.17, 15) is 0 Å². The Balaban J connectivity index is 1.14. The minimum atomic E-state index is 0.499. The van der Waals surface area contributed by atoms with Crippen molar-refractivity contribution in [2.45, 2.75) is 0 Å². The van der Waals surface area contributed by atoms with Crippen LogP contribution >= 0.6 is 0 Å². The zero-order chi connectivity index (χ0) is 31.2. The summed E-state index contributed by atoms with van der Waals surface area (Å²) in [6, 6.07) is 53.5. The third-order valence-corrected chi connectivity index (χ3v) is 8.49. The molecule has 0 N–H and O–H groups in total. The molecule has 4 heterocycles. The highest BCUT2D eigenvalue weighted by molar-refractivity contribution is 6.07. The first-order chi connectivity index (χ1) is 23.3. The van der Waals surface area contributed by atoms with Crippen LogP contribution in [0.5, 0.6) is 11.6 Å². The molecule has 0 radical (unpaired) electrons. The molecule has 0 saturated carbocycles. The van der Waals surface area contributed by atoms with Crippen molar-refractivity contribution >= 4 is 33.0 Å². The second-order valence-electron chi connectivity index (χ2n) is 11.4. The van der Waals surface area contributed by atoms with E-state index in [4.69, 9.17) is 14.7 Å². The van der Waals surface area contributed by atoms with Crippen LogP contribution in [0.4, 0.5) is 0 Å². The van der Waals surface area contributed by atoms with Gasteiger partial charge in [0, 0.05) is 40.4 Å². The molecular weight excluding hydrogens is 578 g/mol. The van der Waals surface area contributed by atoms with Gasteiger partial charge in [-0.1, -0.05) is 97.1 Å². The zero-order valence-corrected chi connectivity index (χ0v) is 25.2. The summed E-state index contributed by atoms with van der Waals surface area (Å²) in [6.45, 7) is 0. The van der Waals surface area contributed by atoms with Crippen LogP contribution in [0.3, 0.4) is 0 Å². The van der Waals surface area contributed by atoms with Gasteiger partial charge >= 0.3 is 0 Å². The quantitative estimate of drug-likeness (QED) is 0.189. The number of aromatic nitrogens is 5. The summed E-state index contributed by atoms with van der Waals surface area (Å²) in [5.74, 6) is 2.84. The van der Waals surface area contributed by atoms with Crippen molar-refractivity contribution in [1.29, 1.82) is 0 Å². The van der Waals surface area contributed by atoms with Gasteiger partial charge in [-0.25, -0.2) is 9.97 Å². The molecule has 0 saturated heterocycles. The number of hydrogen-bond donors (Lipinski definition) is 0. The van der Waals surface area contributed by atoms with Gasteiger partial charge in [-0.3, -0.25) is 9.13 Å². The van der Waals surface area contributed by atoms with Gasteiger partial charge in [0.05, 0.1) is 16.6 Å². The van der Waals surface area contributed by atoms with E-state index in [1.807, 2.05) is 78.9 Å². The molecule has 0 unspecified atom stereocenters. The van der Waals surface area contributed by atoms with Crippen LogP contribution in [0, 0.1) is 0 Å². The molecule has 0 amide bonds. The Kier molecular flexibility index (Phi) is 6.35. The molecular formula is C41H27N5O. The molecule has 47 heavy (non-hydrogen) atoms. The maximum atomic E-state index is 6.47. The van der Waals surface area contributed by atoms with Crippen LogP contribution in [-0.2, 0) is 0 Å². The summed E-state index contributed by atoms with van der Waals surface area (Å²) in [5.41, 5.74) is 8.06. The third kappa shape index (κ3) is 4.71.